The summed E-state index contributed by atoms with van der Waals surface area (Å²) < 4.78 is 5.13. The molecular formula is C22H28ClN3O3. The lowest BCUT2D eigenvalue weighted by Crippen LogP contribution is -2.51. The maximum Gasteiger partial charge on any atom is 0.287 e. The van der Waals surface area contributed by atoms with Crippen molar-refractivity contribution in [3.05, 3.63) is 59.0 Å². The van der Waals surface area contributed by atoms with Crippen LogP contribution in [-0.2, 0) is 4.79 Å². The molecule has 1 aromatic heterocycles. The molecule has 1 aliphatic rings. The van der Waals surface area contributed by atoms with Crippen molar-refractivity contribution in [1.82, 2.24) is 15.5 Å². The van der Waals surface area contributed by atoms with Crippen LogP contribution >= 0.6 is 11.6 Å². The number of benzene rings is 1. The van der Waals surface area contributed by atoms with Crippen LogP contribution in [0.4, 0.5) is 0 Å². The van der Waals surface area contributed by atoms with E-state index in [0.717, 1.165) is 31.5 Å². The number of carbonyl (C=O) groups is 2. The molecule has 0 saturated carbocycles. The van der Waals surface area contributed by atoms with Crippen LogP contribution < -0.4 is 10.6 Å². The van der Waals surface area contributed by atoms with E-state index in [0.29, 0.717) is 11.6 Å². The van der Waals surface area contributed by atoms with E-state index in [1.54, 1.807) is 12.1 Å². The summed E-state index contributed by atoms with van der Waals surface area (Å²) in [6.45, 7) is 6.20. The number of nitrogens with zero attached hydrogens (tertiary/aromatic N) is 1. The van der Waals surface area contributed by atoms with Crippen molar-refractivity contribution in [2.24, 2.45) is 5.92 Å². The molecule has 0 spiro atoms. The Morgan fingerprint density at radius 1 is 1.14 bits per heavy atom. The fourth-order valence-corrected chi connectivity index (χ4v) is 3.96. The van der Waals surface area contributed by atoms with Gasteiger partial charge in [-0.1, -0.05) is 43.6 Å². The van der Waals surface area contributed by atoms with Gasteiger partial charge in [0.1, 0.15) is 6.04 Å². The monoisotopic (exact) mass is 417 g/mol. The first-order valence-electron chi connectivity index (χ1n) is 10.1. The van der Waals surface area contributed by atoms with Gasteiger partial charge in [0.2, 0.25) is 5.91 Å². The minimum atomic E-state index is -0.655. The van der Waals surface area contributed by atoms with Gasteiger partial charge in [0.15, 0.2) is 5.76 Å². The second-order valence-corrected chi connectivity index (χ2v) is 8.11. The van der Waals surface area contributed by atoms with Gasteiger partial charge in [-0.15, -0.1) is 0 Å². The van der Waals surface area contributed by atoms with Crippen molar-refractivity contribution in [3.63, 3.8) is 0 Å². The van der Waals surface area contributed by atoms with Crippen LogP contribution in [0, 0.1) is 5.92 Å². The molecular weight excluding hydrogens is 390 g/mol. The van der Waals surface area contributed by atoms with Crippen molar-refractivity contribution < 1.29 is 14.0 Å². The van der Waals surface area contributed by atoms with Gasteiger partial charge in [-0.2, -0.15) is 0 Å². The lowest BCUT2D eigenvalue weighted by molar-refractivity contribution is -0.124. The molecule has 2 N–H and O–H groups in total. The number of furan rings is 1. The van der Waals surface area contributed by atoms with Crippen LogP contribution in [-0.4, -0.2) is 42.4 Å². The first kappa shape index (κ1) is 21.4. The number of hydrogen-bond donors (Lipinski definition) is 2. The average molecular weight is 418 g/mol. The third-order valence-electron chi connectivity index (χ3n) is 5.30. The number of halogens is 1. The number of hydrogen-bond acceptors (Lipinski definition) is 4. The highest BCUT2D eigenvalue weighted by Crippen LogP contribution is 2.29. The summed E-state index contributed by atoms with van der Waals surface area (Å²) in [5.41, 5.74) is 1.01. The van der Waals surface area contributed by atoms with Crippen molar-refractivity contribution in [1.29, 1.82) is 0 Å². The zero-order valence-corrected chi connectivity index (χ0v) is 17.6. The Balaban J connectivity index is 1.69. The fraction of sp³-hybridized carbons (Fsp3) is 0.455. The molecule has 2 aromatic rings. The summed E-state index contributed by atoms with van der Waals surface area (Å²) in [7, 11) is 0. The largest absolute Gasteiger partial charge is 0.459 e. The van der Waals surface area contributed by atoms with E-state index in [4.69, 9.17) is 16.0 Å². The maximum absolute atomic E-state index is 12.9. The molecule has 0 bridgehead atoms. The number of amides is 2. The molecule has 2 unspecified atom stereocenters. The molecule has 1 fully saturated rings. The summed E-state index contributed by atoms with van der Waals surface area (Å²) in [6, 6.07) is 10.3. The van der Waals surface area contributed by atoms with Crippen molar-refractivity contribution in [2.75, 3.05) is 19.6 Å². The van der Waals surface area contributed by atoms with Gasteiger partial charge in [-0.3, -0.25) is 14.5 Å². The summed E-state index contributed by atoms with van der Waals surface area (Å²) >= 11 is 6.44. The molecule has 1 aliphatic heterocycles. The van der Waals surface area contributed by atoms with E-state index >= 15 is 0 Å². The molecule has 0 radical (unpaired) electrons. The molecule has 0 aliphatic carbocycles. The molecule has 6 nitrogen and oxygen atoms in total. The van der Waals surface area contributed by atoms with E-state index in [-0.39, 0.29) is 23.6 Å². The maximum atomic E-state index is 12.9. The molecule has 1 saturated heterocycles. The highest BCUT2D eigenvalue weighted by atomic mass is 35.5. The van der Waals surface area contributed by atoms with Crippen molar-refractivity contribution >= 4 is 23.4 Å². The Morgan fingerprint density at radius 3 is 2.48 bits per heavy atom. The van der Waals surface area contributed by atoms with E-state index in [1.165, 1.54) is 6.26 Å². The predicted octanol–water partition coefficient (Wildman–Crippen LogP) is 3.64. The van der Waals surface area contributed by atoms with Gasteiger partial charge in [0.25, 0.3) is 5.91 Å². The molecule has 2 amide bonds. The molecule has 7 heteroatoms. The standard InChI is InChI=1S/C22H28ClN3O3/c1-15(2)20(25-21(27)19-10-7-13-29-19)22(28)24-14-18(26-11-5-6-12-26)16-8-3-4-9-17(16)23/h3-4,7-10,13,15,18,20H,5-6,11-12,14H2,1-2H3,(H,24,28)(H,25,27). The zero-order valence-electron chi connectivity index (χ0n) is 16.9. The highest BCUT2D eigenvalue weighted by Gasteiger charge is 2.29. The van der Waals surface area contributed by atoms with Crippen molar-refractivity contribution in [3.8, 4) is 0 Å². The lowest BCUT2D eigenvalue weighted by Gasteiger charge is -2.30. The van der Waals surface area contributed by atoms with E-state index in [1.807, 2.05) is 38.1 Å². The normalized spacial score (nSPS) is 16.6. The lowest BCUT2D eigenvalue weighted by atomic mass is 10.0. The number of nitrogens with one attached hydrogen (secondary N) is 2. The minimum Gasteiger partial charge on any atom is -0.459 e. The second kappa shape index (κ2) is 9.94. The summed E-state index contributed by atoms with van der Waals surface area (Å²) in [4.78, 5) is 27.6. The van der Waals surface area contributed by atoms with Gasteiger partial charge in [0.05, 0.1) is 12.3 Å². The topological polar surface area (TPSA) is 74.6 Å². The first-order valence-corrected chi connectivity index (χ1v) is 10.5. The fourth-order valence-electron chi connectivity index (χ4n) is 3.70. The smallest absolute Gasteiger partial charge is 0.287 e. The van der Waals surface area contributed by atoms with Crippen molar-refractivity contribution in [2.45, 2.75) is 38.8 Å². The van der Waals surface area contributed by atoms with Gasteiger partial charge >= 0.3 is 0 Å². The van der Waals surface area contributed by atoms with Crippen LogP contribution in [0.15, 0.2) is 47.1 Å². The quantitative estimate of drug-likeness (QED) is 0.687. The minimum absolute atomic E-state index is 0.00346. The number of rotatable bonds is 8. The Morgan fingerprint density at radius 2 is 1.86 bits per heavy atom. The summed E-state index contributed by atoms with van der Waals surface area (Å²) in [5.74, 6) is -0.490. The summed E-state index contributed by atoms with van der Waals surface area (Å²) in [5, 5.41) is 6.51. The Labute approximate surface area is 176 Å². The highest BCUT2D eigenvalue weighted by molar-refractivity contribution is 6.31. The van der Waals surface area contributed by atoms with Crippen LogP contribution in [0.2, 0.25) is 5.02 Å². The first-order chi connectivity index (χ1) is 14.0. The molecule has 29 heavy (non-hydrogen) atoms. The predicted molar refractivity (Wildman–Crippen MR) is 113 cm³/mol. The third-order valence-corrected chi connectivity index (χ3v) is 5.64. The van der Waals surface area contributed by atoms with Crippen LogP contribution in [0.5, 0.6) is 0 Å². The van der Waals surface area contributed by atoms with E-state index in [9.17, 15) is 9.59 Å². The molecule has 2 heterocycles. The summed E-state index contributed by atoms with van der Waals surface area (Å²) in [6.07, 6.45) is 3.72. The molecule has 156 valence electrons. The van der Waals surface area contributed by atoms with Crippen LogP contribution in [0.25, 0.3) is 0 Å². The van der Waals surface area contributed by atoms with Crippen LogP contribution in [0.1, 0.15) is 48.8 Å². The Bertz CT molecular complexity index is 816. The number of carbonyl (C=O) groups excluding carboxylic acids is 2. The SMILES string of the molecule is CC(C)C(NC(=O)c1ccco1)C(=O)NCC(c1ccccc1Cl)N1CCCC1. The zero-order chi connectivity index (χ0) is 20.8. The molecule has 3 rings (SSSR count). The van der Waals surface area contributed by atoms with E-state index < -0.39 is 11.9 Å². The second-order valence-electron chi connectivity index (χ2n) is 7.70. The molecule has 1 aromatic carbocycles. The van der Waals surface area contributed by atoms with Gasteiger partial charge in [-0.25, -0.2) is 0 Å². The average Bonchev–Trinajstić information content (AvgIpc) is 3.41. The number of likely N-dealkylation sites (tertiary alicyclic amines) is 1. The van der Waals surface area contributed by atoms with Crippen LogP contribution in [0.3, 0.4) is 0 Å². The Hall–Kier alpha value is -2.31. The van der Waals surface area contributed by atoms with E-state index in [2.05, 4.69) is 15.5 Å². The molecule has 2 atom stereocenters. The van der Waals surface area contributed by atoms with Gasteiger partial charge in [-0.05, 0) is 55.6 Å². The third kappa shape index (κ3) is 5.40. The van der Waals surface area contributed by atoms with Gasteiger partial charge in [0, 0.05) is 11.6 Å². The van der Waals surface area contributed by atoms with Gasteiger partial charge < -0.3 is 15.1 Å². The Kier molecular flexibility index (Phi) is 7.34.